The van der Waals surface area contributed by atoms with E-state index >= 15 is 0 Å². The molecule has 128 valence electrons. The molecule has 1 aliphatic carbocycles. The normalized spacial score (nSPS) is 39.8. The van der Waals surface area contributed by atoms with E-state index < -0.39 is 0 Å². The Hall–Kier alpha value is -0.530. The van der Waals surface area contributed by atoms with E-state index in [4.69, 9.17) is 0 Å². The van der Waals surface area contributed by atoms with Gasteiger partial charge in [0.1, 0.15) is 0 Å². The van der Waals surface area contributed by atoms with Crippen molar-refractivity contribution in [1.29, 1.82) is 0 Å². The van der Waals surface area contributed by atoms with Crippen LogP contribution < -0.4 is 0 Å². The Balaban J connectivity index is 2.50. The average Bonchev–Trinajstić information content (AvgIpc) is 2.56. The van der Waals surface area contributed by atoms with Gasteiger partial charge in [0.2, 0.25) is 5.91 Å². The van der Waals surface area contributed by atoms with Gasteiger partial charge in [0.25, 0.3) is 0 Å². The van der Waals surface area contributed by atoms with Crippen LogP contribution in [0.2, 0.25) is 0 Å². The van der Waals surface area contributed by atoms with E-state index in [1.807, 2.05) is 0 Å². The second-order valence-corrected chi connectivity index (χ2v) is 9.11. The number of carbonyl (C=O) groups excluding carboxylic acids is 1. The monoisotopic (exact) mass is 307 g/mol. The van der Waals surface area contributed by atoms with Crippen LogP contribution in [0, 0.1) is 47.3 Å². The molecule has 2 fully saturated rings. The van der Waals surface area contributed by atoms with Gasteiger partial charge in [0, 0.05) is 18.5 Å². The highest BCUT2D eigenvalue weighted by Gasteiger charge is 2.52. The number of hydrogen-bond donors (Lipinski definition) is 0. The first kappa shape index (κ1) is 17.8. The first-order chi connectivity index (χ1) is 10.2. The van der Waals surface area contributed by atoms with Crippen molar-refractivity contribution in [3.05, 3.63) is 0 Å². The lowest BCUT2D eigenvalue weighted by atomic mass is 9.65. The fourth-order valence-corrected chi connectivity index (χ4v) is 5.65. The number of fused-ring (bicyclic) bond motifs is 1. The van der Waals surface area contributed by atoms with Crippen LogP contribution in [0.15, 0.2) is 0 Å². The Morgan fingerprint density at radius 1 is 0.955 bits per heavy atom. The Bertz CT molecular complexity index is 401. The average molecular weight is 308 g/mol. The summed E-state index contributed by atoms with van der Waals surface area (Å²) in [5.41, 5.74) is 0. The number of likely N-dealkylation sites (tertiary alicyclic amines) is 1. The summed E-state index contributed by atoms with van der Waals surface area (Å²) in [5, 5.41) is 0. The summed E-state index contributed by atoms with van der Waals surface area (Å²) in [6, 6.07) is 0.323. The topological polar surface area (TPSA) is 20.3 Å². The first-order valence-electron chi connectivity index (χ1n) is 9.47. The molecule has 1 aliphatic heterocycles. The minimum absolute atomic E-state index is 0.199. The van der Waals surface area contributed by atoms with Gasteiger partial charge in [-0.1, -0.05) is 41.5 Å². The number of carbonyl (C=O) groups is 1. The maximum absolute atomic E-state index is 13.3. The Kier molecular flexibility index (Phi) is 5.29. The summed E-state index contributed by atoms with van der Waals surface area (Å²) in [6.45, 7) is 19.4. The maximum atomic E-state index is 13.3. The van der Waals surface area contributed by atoms with Gasteiger partial charge in [-0.3, -0.25) is 4.79 Å². The van der Waals surface area contributed by atoms with Crippen LogP contribution in [0.25, 0.3) is 0 Å². The standard InChI is InChI=1S/C20H37NO/c1-11(2)17-18(12(3)4)20(22)21(13(5)6)10-16-14(7)9-15(8)19(16)17/h11-19H,9-10H2,1-8H3. The van der Waals surface area contributed by atoms with E-state index in [1.165, 1.54) is 6.42 Å². The van der Waals surface area contributed by atoms with Crippen molar-refractivity contribution in [3.8, 4) is 0 Å². The van der Waals surface area contributed by atoms with E-state index in [0.717, 1.165) is 24.3 Å². The third-order valence-electron chi connectivity index (χ3n) is 6.57. The predicted molar refractivity (Wildman–Crippen MR) is 93.4 cm³/mol. The van der Waals surface area contributed by atoms with Crippen LogP contribution in [0.4, 0.5) is 0 Å². The highest BCUT2D eigenvalue weighted by molar-refractivity contribution is 5.80. The molecule has 0 aromatic rings. The number of nitrogens with zero attached hydrogens (tertiary/aromatic N) is 1. The van der Waals surface area contributed by atoms with E-state index in [-0.39, 0.29) is 5.92 Å². The number of rotatable bonds is 3. The molecule has 0 aromatic carbocycles. The minimum Gasteiger partial charge on any atom is -0.340 e. The zero-order valence-electron chi connectivity index (χ0n) is 16.0. The van der Waals surface area contributed by atoms with Crippen LogP contribution in [-0.4, -0.2) is 23.4 Å². The second-order valence-electron chi connectivity index (χ2n) is 9.11. The van der Waals surface area contributed by atoms with E-state index in [9.17, 15) is 4.79 Å². The summed E-state index contributed by atoms with van der Waals surface area (Å²) in [5.74, 6) is 5.11. The van der Waals surface area contributed by atoms with Gasteiger partial charge in [-0.05, 0) is 61.7 Å². The van der Waals surface area contributed by atoms with Crippen LogP contribution in [0.5, 0.6) is 0 Å². The molecule has 22 heavy (non-hydrogen) atoms. The fraction of sp³-hybridized carbons (Fsp3) is 0.950. The van der Waals surface area contributed by atoms with Gasteiger partial charge < -0.3 is 4.90 Å². The van der Waals surface area contributed by atoms with Crippen molar-refractivity contribution in [2.75, 3.05) is 6.54 Å². The van der Waals surface area contributed by atoms with Crippen LogP contribution in [-0.2, 0) is 4.79 Å². The summed E-state index contributed by atoms with van der Waals surface area (Å²) >= 11 is 0. The van der Waals surface area contributed by atoms with Crippen LogP contribution >= 0.6 is 0 Å². The van der Waals surface area contributed by atoms with Crippen molar-refractivity contribution >= 4 is 5.91 Å². The SMILES string of the molecule is CC(C)C1C(=O)N(C(C)C)CC2C(C)CC(C)C2C1C(C)C. The van der Waals surface area contributed by atoms with Gasteiger partial charge in [-0.2, -0.15) is 0 Å². The minimum atomic E-state index is 0.199. The third-order valence-corrected chi connectivity index (χ3v) is 6.57. The van der Waals surface area contributed by atoms with Crippen LogP contribution in [0.3, 0.4) is 0 Å². The largest absolute Gasteiger partial charge is 0.340 e. The highest BCUT2D eigenvalue weighted by Crippen LogP contribution is 2.52. The van der Waals surface area contributed by atoms with Crippen molar-refractivity contribution in [2.45, 2.75) is 67.9 Å². The van der Waals surface area contributed by atoms with Gasteiger partial charge in [0.15, 0.2) is 0 Å². The molecule has 0 radical (unpaired) electrons. The molecule has 0 spiro atoms. The van der Waals surface area contributed by atoms with Crippen molar-refractivity contribution in [1.82, 2.24) is 4.90 Å². The molecular formula is C20H37NO. The highest BCUT2D eigenvalue weighted by atomic mass is 16.2. The lowest BCUT2D eigenvalue weighted by Gasteiger charge is -2.38. The molecule has 0 N–H and O–H groups in total. The smallest absolute Gasteiger partial charge is 0.226 e. The maximum Gasteiger partial charge on any atom is 0.226 e. The Labute approximate surface area is 138 Å². The predicted octanol–water partition coefficient (Wildman–Crippen LogP) is 4.69. The summed E-state index contributed by atoms with van der Waals surface area (Å²) in [7, 11) is 0. The van der Waals surface area contributed by atoms with Gasteiger partial charge >= 0.3 is 0 Å². The summed E-state index contributed by atoms with van der Waals surface area (Å²) in [4.78, 5) is 15.5. The number of hydrogen-bond acceptors (Lipinski definition) is 1. The zero-order valence-corrected chi connectivity index (χ0v) is 16.0. The summed E-state index contributed by atoms with van der Waals surface area (Å²) < 4.78 is 0. The molecule has 2 nitrogen and oxygen atoms in total. The first-order valence-corrected chi connectivity index (χ1v) is 9.47. The number of amides is 1. The molecule has 6 unspecified atom stereocenters. The molecule has 1 saturated carbocycles. The molecule has 0 bridgehead atoms. The van der Waals surface area contributed by atoms with E-state index in [2.05, 4.69) is 60.3 Å². The molecule has 0 aromatic heterocycles. The molecule has 1 heterocycles. The molecular weight excluding hydrogens is 270 g/mol. The van der Waals surface area contributed by atoms with E-state index in [1.54, 1.807) is 0 Å². The van der Waals surface area contributed by atoms with Crippen molar-refractivity contribution in [2.24, 2.45) is 47.3 Å². The fourth-order valence-electron chi connectivity index (χ4n) is 5.65. The van der Waals surface area contributed by atoms with Gasteiger partial charge in [-0.15, -0.1) is 0 Å². The van der Waals surface area contributed by atoms with Gasteiger partial charge in [-0.25, -0.2) is 0 Å². The Morgan fingerprint density at radius 2 is 1.55 bits per heavy atom. The Morgan fingerprint density at radius 3 is 2.00 bits per heavy atom. The lowest BCUT2D eigenvalue weighted by molar-refractivity contribution is -0.140. The quantitative estimate of drug-likeness (QED) is 0.740. The van der Waals surface area contributed by atoms with Gasteiger partial charge in [0.05, 0.1) is 0 Å². The third kappa shape index (κ3) is 2.95. The second kappa shape index (κ2) is 6.53. The molecule has 1 amide bonds. The molecule has 1 saturated heterocycles. The molecule has 6 atom stereocenters. The van der Waals surface area contributed by atoms with E-state index in [0.29, 0.717) is 35.6 Å². The molecule has 2 aliphatic rings. The van der Waals surface area contributed by atoms with Crippen LogP contribution in [0.1, 0.15) is 61.8 Å². The van der Waals surface area contributed by atoms with Crippen molar-refractivity contribution < 1.29 is 4.79 Å². The molecule has 2 rings (SSSR count). The molecule has 2 heteroatoms. The zero-order chi connectivity index (χ0) is 16.8. The summed E-state index contributed by atoms with van der Waals surface area (Å²) in [6.07, 6.45) is 1.34. The lowest BCUT2D eigenvalue weighted by Crippen LogP contribution is -2.45. The van der Waals surface area contributed by atoms with Crippen molar-refractivity contribution in [3.63, 3.8) is 0 Å².